The van der Waals surface area contributed by atoms with Crippen LogP contribution in [0, 0.1) is 6.92 Å². The van der Waals surface area contributed by atoms with Crippen molar-refractivity contribution >= 4 is 28.0 Å². The minimum Gasteiger partial charge on any atom is -0.504 e. The lowest BCUT2D eigenvalue weighted by Gasteiger charge is -2.06. The number of ether oxygens (including phenoxy) is 1. The van der Waals surface area contributed by atoms with E-state index in [2.05, 4.69) is 15.9 Å². The van der Waals surface area contributed by atoms with E-state index in [0.717, 1.165) is 10.0 Å². The molecular weight excluding hydrogens is 336 g/mol. The maximum atomic E-state index is 11.8. The Morgan fingerprint density at radius 3 is 2.67 bits per heavy atom. The molecule has 2 aromatic rings. The smallest absolute Gasteiger partial charge is 0.336 e. The van der Waals surface area contributed by atoms with Crippen LogP contribution in [0.25, 0.3) is 6.08 Å². The van der Waals surface area contributed by atoms with Crippen LogP contribution in [0.4, 0.5) is 0 Å². The number of carbonyl (C=O) groups excluding carboxylic acids is 1. The number of rotatable bonds is 3. The van der Waals surface area contributed by atoms with E-state index in [-0.39, 0.29) is 11.5 Å². The molecule has 0 spiro atoms. The van der Waals surface area contributed by atoms with Gasteiger partial charge in [-0.05, 0) is 58.3 Å². The van der Waals surface area contributed by atoms with Crippen LogP contribution >= 0.6 is 15.9 Å². The topological polar surface area (TPSA) is 66.8 Å². The Morgan fingerprint density at radius 2 is 1.95 bits per heavy atom. The van der Waals surface area contributed by atoms with Gasteiger partial charge in [0.1, 0.15) is 5.75 Å². The Hall–Kier alpha value is -2.27. The van der Waals surface area contributed by atoms with Gasteiger partial charge in [-0.25, -0.2) is 4.79 Å². The fraction of sp³-hybridized carbons (Fsp3) is 0.0625. The molecule has 0 heterocycles. The Labute approximate surface area is 130 Å². The molecule has 0 saturated carbocycles. The summed E-state index contributed by atoms with van der Waals surface area (Å²) in [5.41, 5.74) is 1.54. The van der Waals surface area contributed by atoms with Crippen molar-refractivity contribution in [1.82, 2.24) is 0 Å². The van der Waals surface area contributed by atoms with Crippen LogP contribution in [0.2, 0.25) is 0 Å². The van der Waals surface area contributed by atoms with E-state index in [0.29, 0.717) is 11.3 Å². The van der Waals surface area contributed by atoms with Gasteiger partial charge in [0.15, 0.2) is 11.5 Å². The molecule has 0 amide bonds. The molecule has 2 rings (SSSR count). The molecule has 4 nitrogen and oxygen atoms in total. The Morgan fingerprint density at radius 1 is 1.19 bits per heavy atom. The normalized spacial score (nSPS) is 10.8. The molecule has 2 N–H and O–H groups in total. The van der Waals surface area contributed by atoms with Crippen LogP contribution in [0.1, 0.15) is 11.1 Å². The number of hydrogen-bond donors (Lipinski definition) is 2. The van der Waals surface area contributed by atoms with Gasteiger partial charge in [-0.3, -0.25) is 0 Å². The number of hydrogen-bond acceptors (Lipinski definition) is 4. The molecule has 0 unspecified atom stereocenters. The first-order valence-corrected chi connectivity index (χ1v) is 6.93. The number of esters is 1. The van der Waals surface area contributed by atoms with Crippen LogP contribution in [0.5, 0.6) is 17.2 Å². The van der Waals surface area contributed by atoms with Crippen molar-refractivity contribution in [3.05, 3.63) is 58.1 Å². The molecule has 0 bridgehead atoms. The fourth-order valence-corrected chi connectivity index (χ4v) is 2.00. The summed E-state index contributed by atoms with van der Waals surface area (Å²) >= 11 is 3.36. The Kier molecular flexibility index (Phi) is 4.65. The SMILES string of the molecule is Cc1cccc(OC(=O)C=Cc2ccc(O)c(O)c2)c1Br. The first-order chi connectivity index (χ1) is 9.97. The van der Waals surface area contributed by atoms with Crippen molar-refractivity contribution in [2.75, 3.05) is 0 Å². The van der Waals surface area contributed by atoms with E-state index < -0.39 is 5.97 Å². The molecule has 0 aromatic heterocycles. The number of phenols is 2. The van der Waals surface area contributed by atoms with Gasteiger partial charge in [0, 0.05) is 6.08 Å². The van der Waals surface area contributed by atoms with Gasteiger partial charge >= 0.3 is 5.97 Å². The molecule has 2 aromatic carbocycles. The first-order valence-electron chi connectivity index (χ1n) is 6.14. The predicted molar refractivity (Wildman–Crippen MR) is 83.3 cm³/mol. The third-order valence-electron chi connectivity index (χ3n) is 2.78. The highest BCUT2D eigenvalue weighted by Gasteiger charge is 2.07. The summed E-state index contributed by atoms with van der Waals surface area (Å²) < 4.78 is 5.95. The predicted octanol–water partition coefficient (Wildman–Crippen LogP) is 3.79. The van der Waals surface area contributed by atoms with Gasteiger partial charge in [0.25, 0.3) is 0 Å². The maximum absolute atomic E-state index is 11.8. The molecule has 5 heteroatoms. The van der Waals surface area contributed by atoms with Crippen molar-refractivity contribution in [2.24, 2.45) is 0 Å². The Bertz CT molecular complexity index is 707. The summed E-state index contributed by atoms with van der Waals surface area (Å²) in [6.45, 7) is 1.90. The summed E-state index contributed by atoms with van der Waals surface area (Å²) in [6, 6.07) is 9.65. The lowest BCUT2D eigenvalue weighted by Crippen LogP contribution is -2.04. The van der Waals surface area contributed by atoms with Gasteiger partial charge in [-0.15, -0.1) is 0 Å². The molecule has 0 radical (unpaired) electrons. The van der Waals surface area contributed by atoms with Crippen LogP contribution < -0.4 is 4.74 Å². The highest BCUT2D eigenvalue weighted by atomic mass is 79.9. The lowest BCUT2D eigenvalue weighted by atomic mass is 10.2. The number of benzene rings is 2. The number of aromatic hydroxyl groups is 2. The van der Waals surface area contributed by atoms with Gasteiger partial charge in [-0.1, -0.05) is 18.2 Å². The second-order valence-corrected chi connectivity index (χ2v) is 5.18. The average Bonchev–Trinajstić information content (AvgIpc) is 2.45. The summed E-state index contributed by atoms with van der Waals surface area (Å²) in [7, 11) is 0. The standard InChI is InChI=1S/C16H13BrO4/c1-10-3-2-4-14(16(10)17)21-15(20)8-6-11-5-7-12(18)13(19)9-11/h2-9,18-19H,1H3. The minimum atomic E-state index is -0.533. The number of carbonyl (C=O) groups is 1. The van der Waals surface area contributed by atoms with Crippen molar-refractivity contribution in [3.63, 3.8) is 0 Å². The van der Waals surface area contributed by atoms with E-state index in [1.807, 2.05) is 13.0 Å². The molecule has 108 valence electrons. The largest absolute Gasteiger partial charge is 0.504 e. The highest BCUT2D eigenvalue weighted by molar-refractivity contribution is 9.10. The molecule has 0 aliphatic heterocycles. The van der Waals surface area contributed by atoms with Gasteiger partial charge in [-0.2, -0.15) is 0 Å². The monoisotopic (exact) mass is 348 g/mol. The molecule has 21 heavy (non-hydrogen) atoms. The number of aryl methyl sites for hydroxylation is 1. The summed E-state index contributed by atoms with van der Waals surface area (Å²) in [5, 5.41) is 18.6. The second-order valence-electron chi connectivity index (χ2n) is 4.39. The lowest BCUT2D eigenvalue weighted by molar-refractivity contribution is -0.128. The molecule has 0 saturated heterocycles. The quantitative estimate of drug-likeness (QED) is 0.383. The van der Waals surface area contributed by atoms with E-state index in [9.17, 15) is 15.0 Å². The fourth-order valence-electron chi connectivity index (χ4n) is 1.65. The van der Waals surface area contributed by atoms with E-state index in [1.165, 1.54) is 24.3 Å². The zero-order chi connectivity index (χ0) is 15.4. The van der Waals surface area contributed by atoms with E-state index in [1.54, 1.807) is 18.2 Å². The molecule has 0 atom stereocenters. The summed E-state index contributed by atoms with van der Waals surface area (Å²) in [4.78, 5) is 11.8. The van der Waals surface area contributed by atoms with Crippen LogP contribution in [-0.4, -0.2) is 16.2 Å². The summed E-state index contributed by atoms with van der Waals surface area (Å²) in [6.07, 6.45) is 2.74. The zero-order valence-corrected chi connectivity index (χ0v) is 12.8. The Balaban J connectivity index is 2.09. The average molecular weight is 349 g/mol. The molecule has 0 aliphatic rings. The van der Waals surface area contributed by atoms with Crippen molar-refractivity contribution in [3.8, 4) is 17.2 Å². The van der Waals surface area contributed by atoms with Crippen molar-refractivity contribution < 1.29 is 19.7 Å². The van der Waals surface area contributed by atoms with Crippen molar-refractivity contribution in [2.45, 2.75) is 6.92 Å². The summed E-state index contributed by atoms with van der Waals surface area (Å²) in [5.74, 6) is -0.544. The molecule has 0 aliphatic carbocycles. The van der Waals surface area contributed by atoms with Crippen LogP contribution in [0.3, 0.4) is 0 Å². The van der Waals surface area contributed by atoms with Crippen LogP contribution in [-0.2, 0) is 4.79 Å². The third-order valence-corrected chi connectivity index (χ3v) is 3.79. The minimum absolute atomic E-state index is 0.210. The van der Waals surface area contributed by atoms with E-state index in [4.69, 9.17) is 4.74 Å². The first kappa shape index (κ1) is 15.1. The number of halogens is 1. The second kappa shape index (κ2) is 6.45. The highest BCUT2D eigenvalue weighted by Crippen LogP contribution is 2.28. The maximum Gasteiger partial charge on any atom is 0.336 e. The molecule has 0 fully saturated rings. The van der Waals surface area contributed by atoms with Crippen molar-refractivity contribution in [1.29, 1.82) is 0 Å². The third kappa shape index (κ3) is 3.86. The zero-order valence-electron chi connectivity index (χ0n) is 11.2. The van der Waals surface area contributed by atoms with Gasteiger partial charge < -0.3 is 14.9 Å². The van der Waals surface area contributed by atoms with Crippen LogP contribution in [0.15, 0.2) is 46.9 Å². The van der Waals surface area contributed by atoms with Gasteiger partial charge in [0.05, 0.1) is 4.47 Å². The number of phenolic OH excluding ortho intramolecular Hbond substituents is 2. The molecular formula is C16H13BrO4. The van der Waals surface area contributed by atoms with Gasteiger partial charge in [0.2, 0.25) is 0 Å². The van der Waals surface area contributed by atoms with E-state index >= 15 is 0 Å².